The van der Waals surface area contributed by atoms with E-state index in [4.69, 9.17) is 22.4 Å². The molecule has 0 aliphatic rings. The van der Waals surface area contributed by atoms with Gasteiger partial charge in [0.1, 0.15) is 0 Å². The van der Waals surface area contributed by atoms with Gasteiger partial charge in [0.25, 0.3) is 0 Å². The minimum atomic E-state index is -3.63. The Hall–Kier alpha value is -0.820. The minimum absolute atomic E-state index is 0.100. The summed E-state index contributed by atoms with van der Waals surface area (Å²) in [7, 11) is -3.63. The third kappa shape index (κ3) is 5.14. The van der Waals surface area contributed by atoms with Crippen molar-refractivity contribution in [1.82, 2.24) is 4.72 Å². The van der Waals surface area contributed by atoms with E-state index in [1.807, 2.05) is 13.8 Å². The van der Waals surface area contributed by atoms with Gasteiger partial charge >= 0.3 is 0 Å². The van der Waals surface area contributed by atoms with E-state index in [1.54, 1.807) is 6.92 Å². The van der Waals surface area contributed by atoms with Crippen LogP contribution in [-0.2, 0) is 10.0 Å². The second-order valence-electron chi connectivity index (χ2n) is 5.96. The number of nitrogens with one attached hydrogen (secondary N) is 1. The molecule has 120 valence electrons. The number of halogens is 1. The highest BCUT2D eigenvalue weighted by Gasteiger charge is 2.23. The molecule has 0 saturated heterocycles. The number of rotatable bonds is 7. The Bertz CT molecular complexity index is 577. The Morgan fingerprint density at radius 2 is 2.00 bits per heavy atom. The molecule has 0 spiro atoms. The second kappa shape index (κ2) is 6.96. The SMILES string of the molecule is Cc1cc(S(=O)(=O)NCC(C)(C)CCCO)cc(N)c1Cl. The van der Waals surface area contributed by atoms with Crippen LogP contribution in [0.5, 0.6) is 0 Å². The van der Waals surface area contributed by atoms with Gasteiger partial charge in [0.2, 0.25) is 10.0 Å². The number of aryl methyl sites for hydroxylation is 1. The van der Waals surface area contributed by atoms with Crippen molar-refractivity contribution in [2.24, 2.45) is 5.41 Å². The molecule has 0 saturated carbocycles. The Morgan fingerprint density at radius 1 is 1.38 bits per heavy atom. The molecule has 1 aromatic carbocycles. The fraction of sp³-hybridized carbons (Fsp3) is 0.571. The van der Waals surface area contributed by atoms with E-state index in [0.29, 0.717) is 17.0 Å². The number of aliphatic hydroxyl groups is 1. The summed E-state index contributed by atoms with van der Waals surface area (Å²) >= 11 is 5.94. The molecule has 0 atom stereocenters. The summed E-state index contributed by atoms with van der Waals surface area (Å²) in [6.45, 7) is 6.00. The van der Waals surface area contributed by atoms with E-state index < -0.39 is 10.0 Å². The van der Waals surface area contributed by atoms with Crippen LogP contribution in [0.4, 0.5) is 5.69 Å². The van der Waals surface area contributed by atoms with E-state index in [2.05, 4.69) is 4.72 Å². The van der Waals surface area contributed by atoms with Crippen LogP contribution in [0.1, 0.15) is 32.3 Å². The van der Waals surface area contributed by atoms with E-state index >= 15 is 0 Å². The largest absolute Gasteiger partial charge is 0.397 e. The Kier molecular flexibility index (Phi) is 6.04. The summed E-state index contributed by atoms with van der Waals surface area (Å²) in [4.78, 5) is 0.111. The lowest BCUT2D eigenvalue weighted by molar-refractivity contribution is 0.242. The highest BCUT2D eigenvalue weighted by Crippen LogP contribution is 2.27. The lowest BCUT2D eigenvalue weighted by Crippen LogP contribution is -2.34. The van der Waals surface area contributed by atoms with E-state index in [-0.39, 0.29) is 29.1 Å². The van der Waals surface area contributed by atoms with Crippen molar-refractivity contribution in [3.63, 3.8) is 0 Å². The maximum absolute atomic E-state index is 12.3. The standard InChI is InChI=1S/C14H23ClN2O3S/c1-10-7-11(8-12(16)13(10)15)21(19,20)17-9-14(2,3)5-4-6-18/h7-8,17-18H,4-6,9,16H2,1-3H3. The lowest BCUT2D eigenvalue weighted by Gasteiger charge is -2.24. The molecule has 1 aromatic rings. The van der Waals surface area contributed by atoms with Crippen molar-refractivity contribution in [3.05, 3.63) is 22.7 Å². The topological polar surface area (TPSA) is 92.4 Å². The zero-order valence-electron chi connectivity index (χ0n) is 12.6. The average Bonchev–Trinajstić information content (AvgIpc) is 2.40. The summed E-state index contributed by atoms with van der Waals surface area (Å²) in [5.41, 5.74) is 6.35. The zero-order chi connectivity index (χ0) is 16.3. The molecule has 5 nitrogen and oxygen atoms in total. The number of nitrogen functional groups attached to an aromatic ring is 1. The summed E-state index contributed by atoms with van der Waals surface area (Å²) in [5.74, 6) is 0. The van der Waals surface area contributed by atoms with Crippen LogP contribution in [0.2, 0.25) is 5.02 Å². The molecule has 0 heterocycles. The Labute approximate surface area is 131 Å². The molecule has 0 bridgehead atoms. The van der Waals surface area contributed by atoms with E-state index in [9.17, 15) is 8.42 Å². The van der Waals surface area contributed by atoms with Crippen LogP contribution >= 0.6 is 11.6 Å². The predicted octanol–water partition coefficient (Wildman–Crippen LogP) is 2.31. The quantitative estimate of drug-likeness (QED) is 0.667. The number of hydrogen-bond acceptors (Lipinski definition) is 4. The highest BCUT2D eigenvalue weighted by molar-refractivity contribution is 7.89. The number of aliphatic hydroxyl groups excluding tert-OH is 1. The number of nitrogens with two attached hydrogens (primary N) is 1. The van der Waals surface area contributed by atoms with Crippen LogP contribution in [0.3, 0.4) is 0 Å². The molecular formula is C14H23ClN2O3S. The van der Waals surface area contributed by atoms with Crippen LogP contribution in [0.25, 0.3) is 0 Å². The smallest absolute Gasteiger partial charge is 0.240 e. The maximum atomic E-state index is 12.3. The van der Waals surface area contributed by atoms with Crippen LogP contribution in [-0.4, -0.2) is 26.7 Å². The molecule has 0 aromatic heterocycles. The van der Waals surface area contributed by atoms with Gasteiger partial charge in [-0.15, -0.1) is 0 Å². The lowest BCUT2D eigenvalue weighted by atomic mass is 9.88. The first-order valence-corrected chi connectivity index (χ1v) is 8.61. The van der Waals surface area contributed by atoms with Gasteiger partial charge in [0, 0.05) is 13.2 Å². The van der Waals surface area contributed by atoms with Crippen LogP contribution in [0, 0.1) is 12.3 Å². The van der Waals surface area contributed by atoms with Crippen LogP contribution < -0.4 is 10.5 Å². The highest BCUT2D eigenvalue weighted by atomic mass is 35.5. The number of benzene rings is 1. The number of hydrogen-bond donors (Lipinski definition) is 3. The normalized spacial score (nSPS) is 12.6. The van der Waals surface area contributed by atoms with E-state index in [1.165, 1.54) is 12.1 Å². The van der Waals surface area contributed by atoms with Crippen molar-refractivity contribution in [2.45, 2.75) is 38.5 Å². The minimum Gasteiger partial charge on any atom is -0.397 e. The third-order valence-electron chi connectivity index (χ3n) is 3.32. The molecule has 0 unspecified atom stereocenters. The van der Waals surface area contributed by atoms with Gasteiger partial charge in [0.15, 0.2) is 0 Å². The summed E-state index contributed by atoms with van der Waals surface area (Å²) in [6.07, 6.45) is 1.37. The molecule has 0 aliphatic heterocycles. The molecule has 0 amide bonds. The van der Waals surface area contributed by atoms with Gasteiger partial charge in [-0.05, 0) is 42.9 Å². The second-order valence-corrected chi connectivity index (χ2v) is 8.10. The van der Waals surface area contributed by atoms with E-state index in [0.717, 1.165) is 6.42 Å². The molecule has 0 fully saturated rings. The van der Waals surface area contributed by atoms with Gasteiger partial charge in [-0.3, -0.25) is 0 Å². The van der Waals surface area contributed by atoms with Crippen molar-refractivity contribution in [3.8, 4) is 0 Å². The fourth-order valence-corrected chi connectivity index (χ4v) is 3.41. The zero-order valence-corrected chi connectivity index (χ0v) is 14.2. The molecule has 0 radical (unpaired) electrons. The Balaban J connectivity index is 2.88. The summed E-state index contributed by atoms with van der Waals surface area (Å²) in [5, 5.41) is 9.23. The van der Waals surface area contributed by atoms with Gasteiger partial charge in [-0.1, -0.05) is 25.4 Å². The average molecular weight is 335 g/mol. The van der Waals surface area contributed by atoms with Crippen molar-refractivity contribution < 1.29 is 13.5 Å². The maximum Gasteiger partial charge on any atom is 0.240 e. The first-order valence-electron chi connectivity index (χ1n) is 6.75. The molecule has 7 heteroatoms. The van der Waals surface area contributed by atoms with Crippen molar-refractivity contribution >= 4 is 27.3 Å². The molecular weight excluding hydrogens is 312 g/mol. The monoisotopic (exact) mass is 334 g/mol. The fourth-order valence-electron chi connectivity index (χ4n) is 1.94. The molecule has 4 N–H and O–H groups in total. The molecule has 1 rings (SSSR count). The first kappa shape index (κ1) is 18.2. The molecule has 21 heavy (non-hydrogen) atoms. The van der Waals surface area contributed by atoms with Crippen molar-refractivity contribution in [1.29, 1.82) is 0 Å². The van der Waals surface area contributed by atoms with Gasteiger partial charge in [-0.25, -0.2) is 13.1 Å². The van der Waals surface area contributed by atoms with Gasteiger partial charge in [0.05, 0.1) is 15.6 Å². The van der Waals surface area contributed by atoms with Crippen LogP contribution in [0.15, 0.2) is 17.0 Å². The molecule has 0 aliphatic carbocycles. The number of anilines is 1. The third-order valence-corrected chi connectivity index (χ3v) is 5.22. The predicted molar refractivity (Wildman–Crippen MR) is 85.9 cm³/mol. The number of sulfonamides is 1. The Morgan fingerprint density at radius 3 is 2.52 bits per heavy atom. The summed E-state index contributed by atoms with van der Waals surface area (Å²) in [6, 6.07) is 2.86. The summed E-state index contributed by atoms with van der Waals surface area (Å²) < 4.78 is 27.2. The first-order chi connectivity index (χ1) is 9.59. The van der Waals surface area contributed by atoms with Gasteiger partial charge in [-0.2, -0.15) is 0 Å². The van der Waals surface area contributed by atoms with Crippen molar-refractivity contribution in [2.75, 3.05) is 18.9 Å². The van der Waals surface area contributed by atoms with Gasteiger partial charge < -0.3 is 10.8 Å².